The molecule has 0 aromatic carbocycles. The number of primary amides is 1. The van der Waals surface area contributed by atoms with E-state index in [1.807, 2.05) is 0 Å². The molecule has 1 rings (SSSR count). The van der Waals surface area contributed by atoms with E-state index in [0.29, 0.717) is 32.4 Å². The minimum Gasteiger partial charge on any atom is -0.378 e. The molecule has 0 aromatic heterocycles. The van der Waals surface area contributed by atoms with Crippen LogP contribution in [0, 0.1) is 0 Å². The predicted octanol–water partition coefficient (Wildman–Crippen LogP) is -0.473. The van der Waals surface area contributed by atoms with Crippen molar-refractivity contribution in [2.45, 2.75) is 38.2 Å². The summed E-state index contributed by atoms with van der Waals surface area (Å²) in [5.41, 5.74) is 5.00. The zero-order valence-electron chi connectivity index (χ0n) is 10.7. The number of piperidine rings is 1. The number of carbonyl (C=O) groups is 2. The molecule has 0 saturated carbocycles. The highest BCUT2D eigenvalue weighted by atomic mass is 16.5. The van der Waals surface area contributed by atoms with Crippen LogP contribution in [-0.4, -0.2) is 44.2 Å². The highest BCUT2D eigenvalue weighted by molar-refractivity contribution is 5.76. The average Bonchev–Trinajstić information content (AvgIpc) is 2.36. The quantitative estimate of drug-likeness (QED) is 0.512. The first kappa shape index (κ1) is 14.9. The maximum atomic E-state index is 11.4. The third kappa shape index (κ3) is 7.24. The summed E-state index contributed by atoms with van der Waals surface area (Å²) in [5, 5.41) is 6.00. The van der Waals surface area contributed by atoms with Crippen LogP contribution in [0.1, 0.15) is 32.1 Å². The molecule has 1 aliphatic rings. The maximum absolute atomic E-state index is 11.4. The van der Waals surface area contributed by atoms with Crippen molar-refractivity contribution in [3.05, 3.63) is 0 Å². The van der Waals surface area contributed by atoms with Crippen molar-refractivity contribution < 1.29 is 14.3 Å². The maximum Gasteiger partial charge on any atom is 0.222 e. The van der Waals surface area contributed by atoms with Crippen LogP contribution in [0.15, 0.2) is 0 Å². The third-order valence-corrected chi connectivity index (χ3v) is 2.89. The Hall–Kier alpha value is -1.14. The Labute approximate surface area is 108 Å². The second-order valence-corrected chi connectivity index (χ2v) is 4.49. The molecular weight excluding hydrogens is 234 g/mol. The van der Waals surface area contributed by atoms with Crippen LogP contribution in [0.2, 0.25) is 0 Å². The van der Waals surface area contributed by atoms with Gasteiger partial charge in [-0.2, -0.15) is 0 Å². The lowest BCUT2D eigenvalue weighted by atomic mass is 10.1. The van der Waals surface area contributed by atoms with Gasteiger partial charge in [-0.15, -0.1) is 0 Å². The summed E-state index contributed by atoms with van der Waals surface area (Å²) in [6, 6.07) is 0. The Morgan fingerprint density at radius 3 is 2.67 bits per heavy atom. The molecule has 1 heterocycles. The van der Waals surface area contributed by atoms with Gasteiger partial charge >= 0.3 is 0 Å². The molecule has 0 aliphatic carbocycles. The van der Waals surface area contributed by atoms with Crippen LogP contribution in [0.5, 0.6) is 0 Å². The van der Waals surface area contributed by atoms with Gasteiger partial charge in [0, 0.05) is 19.4 Å². The highest BCUT2D eigenvalue weighted by Gasteiger charge is 2.13. The third-order valence-electron chi connectivity index (χ3n) is 2.89. The minimum atomic E-state index is -0.335. The SMILES string of the molecule is NC(=O)CCCNC(=O)CCOC1CCNCC1. The van der Waals surface area contributed by atoms with Crippen LogP contribution >= 0.6 is 0 Å². The van der Waals surface area contributed by atoms with Crippen molar-refractivity contribution in [1.82, 2.24) is 10.6 Å². The molecule has 1 saturated heterocycles. The monoisotopic (exact) mass is 257 g/mol. The topological polar surface area (TPSA) is 93.5 Å². The molecule has 0 aromatic rings. The van der Waals surface area contributed by atoms with Crippen LogP contribution in [0.3, 0.4) is 0 Å². The highest BCUT2D eigenvalue weighted by Crippen LogP contribution is 2.07. The number of nitrogens with two attached hydrogens (primary N) is 1. The second kappa shape index (κ2) is 8.88. The number of nitrogens with one attached hydrogen (secondary N) is 2. The lowest BCUT2D eigenvalue weighted by Crippen LogP contribution is -2.33. The largest absolute Gasteiger partial charge is 0.378 e. The van der Waals surface area contributed by atoms with Gasteiger partial charge in [0.2, 0.25) is 11.8 Å². The lowest BCUT2D eigenvalue weighted by Gasteiger charge is -2.22. The number of rotatable bonds is 8. The normalized spacial score (nSPS) is 16.4. The van der Waals surface area contributed by atoms with Crippen LogP contribution in [0.25, 0.3) is 0 Å². The summed E-state index contributed by atoms with van der Waals surface area (Å²) in [4.78, 5) is 21.9. The molecule has 0 spiro atoms. The second-order valence-electron chi connectivity index (χ2n) is 4.49. The number of hydrogen-bond acceptors (Lipinski definition) is 4. The van der Waals surface area contributed by atoms with Gasteiger partial charge in [0.1, 0.15) is 0 Å². The van der Waals surface area contributed by atoms with Crippen molar-refractivity contribution in [2.24, 2.45) is 5.73 Å². The Balaban J connectivity index is 1.94. The van der Waals surface area contributed by atoms with E-state index >= 15 is 0 Å². The van der Waals surface area contributed by atoms with E-state index in [4.69, 9.17) is 10.5 Å². The van der Waals surface area contributed by atoms with E-state index in [1.54, 1.807) is 0 Å². The molecule has 2 amide bonds. The van der Waals surface area contributed by atoms with E-state index in [-0.39, 0.29) is 17.9 Å². The fraction of sp³-hybridized carbons (Fsp3) is 0.833. The molecule has 6 heteroatoms. The molecule has 1 aliphatic heterocycles. The standard InChI is InChI=1S/C12H23N3O3/c13-11(16)2-1-6-15-12(17)5-9-18-10-3-7-14-8-4-10/h10,14H,1-9H2,(H2,13,16)(H,15,17). The molecule has 0 radical (unpaired) electrons. The summed E-state index contributed by atoms with van der Waals surface area (Å²) >= 11 is 0. The number of carbonyl (C=O) groups excluding carboxylic acids is 2. The van der Waals surface area contributed by atoms with Gasteiger partial charge in [0.05, 0.1) is 12.7 Å². The lowest BCUT2D eigenvalue weighted by molar-refractivity contribution is -0.123. The Kier molecular flexibility index (Phi) is 7.36. The van der Waals surface area contributed by atoms with Crippen LogP contribution < -0.4 is 16.4 Å². The molecule has 4 N–H and O–H groups in total. The van der Waals surface area contributed by atoms with E-state index in [0.717, 1.165) is 25.9 Å². The fourth-order valence-electron chi connectivity index (χ4n) is 1.86. The van der Waals surface area contributed by atoms with Crippen molar-refractivity contribution >= 4 is 11.8 Å². The van der Waals surface area contributed by atoms with Crippen molar-refractivity contribution in [3.63, 3.8) is 0 Å². The number of amides is 2. The van der Waals surface area contributed by atoms with Crippen molar-refractivity contribution in [3.8, 4) is 0 Å². The Morgan fingerprint density at radius 1 is 1.28 bits per heavy atom. The first-order valence-corrected chi connectivity index (χ1v) is 6.56. The minimum absolute atomic E-state index is 0.0339. The molecule has 6 nitrogen and oxygen atoms in total. The molecule has 0 bridgehead atoms. The van der Waals surface area contributed by atoms with Gasteiger partial charge in [-0.3, -0.25) is 9.59 Å². The number of hydrogen-bond donors (Lipinski definition) is 3. The summed E-state index contributed by atoms with van der Waals surface area (Å²) < 4.78 is 5.62. The van der Waals surface area contributed by atoms with Gasteiger partial charge in [-0.25, -0.2) is 0 Å². The van der Waals surface area contributed by atoms with Crippen LogP contribution in [0.4, 0.5) is 0 Å². The van der Waals surface area contributed by atoms with E-state index in [1.165, 1.54) is 0 Å². The summed E-state index contributed by atoms with van der Waals surface area (Å²) in [6.45, 7) is 2.94. The Bertz CT molecular complexity index is 265. The van der Waals surface area contributed by atoms with Crippen LogP contribution in [-0.2, 0) is 14.3 Å². The van der Waals surface area contributed by atoms with E-state index in [9.17, 15) is 9.59 Å². The summed E-state index contributed by atoms with van der Waals surface area (Å²) in [7, 11) is 0. The number of ether oxygens (including phenoxy) is 1. The fourth-order valence-corrected chi connectivity index (χ4v) is 1.86. The molecular formula is C12H23N3O3. The van der Waals surface area contributed by atoms with E-state index < -0.39 is 0 Å². The molecule has 0 atom stereocenters. The molecule has 0 unspecified atom stereocenters. The van der Waals surface area contributed by atoms with Gasteiger partial charge in [-0.05, 0) is 32.4 Å². The Morgan fingerprint density at radius 2 is 2.00 bits per heavy atom. The first-order chi connectivity index (χ1) is 8.68. The van der Waals surface area contributed by atoms with Gasteiger partial charge in [0.15, 0.2) is 0 Å². The molecule has 18 heavy (non-hydrogen) atoms. The zero-order chi connectivity index (χ0) is 13.2. The van der Waals surface area contributed by atoms with Gasteiger partial charge in [0.25, 0.3) is 0 Å². The van der Waals surface area contributed by atoms with Crippen molar-refractivity contribution in [1.29, 1.82) is 0 Å². The van der Waals surface area contributed by atoms with E-state index in [2.05, 4.69) is 10.6 Å². The smallest absolute Gasteiger partial charge is 0.222 e. The summed E-state index contributed by atoms with van der Waals surface area (Å²) in [6.07, 6.45) is 3.59. The van der Waals surface area contributed by atoms with Gasteiger partial charge in [-0.1, -0.05) is 0 Å². The first-order valence-electron chi connectivity index (χ1n) is 6.56. The summed E-state index contributed by atoms with van der Waals surface area (Å²) in [5.74, 6) is -0.369. The molecule has 104 valence electrons. The van der Waals surface area contributed by atoms with Crippen molar-refractivity contribution in [2.75, 3.05) is 26.2 Å². The average molecular weight is 257 g/mol. The molecule has 1 fully saturated rings. The van der Waals surface area contributed by atoms with Gasteiger partial charge < -0.3 is 21.1 Å². The predicted molar refractivity (Wildman–Crippen MR) is 67.9 cm³/mol. The zero-order valence-corrected chi connectivity index (χ0v) is 10.7.